The Morgan fingerprint density at radius 1 is 0.871 bits per heavy atom. The number of nitro groups is 1. The van der Waals surface area contributed by atoms with Crippen molar-refractivity contribution < 1.29 is 24.3 Å². The smallest absolute Gasteiger partial charge is 0.342 e. The quantitative estimate of drug-likeness (QED) is 0.250. The third-order valence-electron chi connectivity index (χ3n) is 4.66. The molecule has 0 radical (unpaired) electrons. The van der Waals surface area contributed by atoms with Crippen LogP contribution in [0.2, 0.25) is 0 Å². The minimum atomic E-state index is -0.616. The van der Waals surface area contributed by atoms with Crippen LogP contribution in [0, 0.1) is 10.1 Å². The van der Waals surface area contributed by atoms with Crippen LogP contribution in [0.1, 0.15) is 15.9 Å². The number of hydrogen-bond donors (Lipinski definition) is 1. The largest absolute Gasteiger partial charge is 0.507 e. The van der Waals surface area contributed by atoms with E-state index in [9.17, 15) is 20.0 Å². The van der Waals surface area contributed by atoms with Crippen molar-refractivity contribution in [3.63, 3.8) is 0 Å². The van der Waals surface area contributed by atoms with Crippen LogP contribution in [-0.2, 0) is 11.3 Å². The summed E-state index contributed by atoms with van der Waals surface area (Å²) in [6, 6.07) is 23.2. The van der Waals surface area contributed by atoms with E-state index in [2.05, 4.69) is 0 Å². The summed E-state index contributed by atoms with van der Waals surface area (Å²) in [5.41, 5.74) is 0.837. The Morgan fingerprint density at radius 2 is 1.45 bits per heavy atom. The van der Waals surface area contributed by atoms with Gasteiger partial charge in [0.25, 0.3) is 5.69 Å². The third-order valence-corrected chi connectivity index (χ3v) is 4.66. The standard InChI is InChI=1S/C24H17NO6/c26-23-14-18-4-2-1-3-17(18)13-22(23)24(27)30-15-16-5-9-20(10-6-16)31-21-11-7-19(8-12-21)25(28)29/h1-14,26H,15H2. The van der Waals surface area contributed by atoms with Crippen LogP contribution in [0.4, 0.5) is 5.69 Å². The molecule has 1 N–H and O–H groups in total. The summed E-state index contributed by atoms with van der Waals surface area (Å²) < 4.78 is 11.0. The number of esters is 1. The van der Waals surface area contributed by atoms with E-state index in [1.165, 1.54) is 30.3 Å². The molecule has 0 aromatic heterocycles. The first-order valence-electron chi connectivity index (χ1n) is 9.40. The molecule has 0 saturated carbocycles. The summed E-state index contributed by atoms with van der Waals surface area (Å²) in [5, 5.41) is 22.5. The first-order valence-corrected chi connectivity index (χ1v) is 9.40. The molecular formula is C24H17NO6. The molecule has 0 saturated heterocycles. The first-order chi connectivity index (χ1) is 15.0. The number of rotatable bonds is 6. The van der Waals surface area contributed by atoms with Gasteiger partial charge in [0.15, 0.2) is 0 Å². The Bertz CT molecular complexity index is 1250. The normalized spacial score (nSPS) is 10.6. The molecule has 0 aliphatic carbocycles. The van der Waals surface area contributed by atoms with Crippen molar-refractivity contribution in [2.24, 2.45) is 0 Å². The van der Waals surface area contributed by atoms with Crippen LogP contribution >= 0.6 is 0 Å². The zero-order chi connectivity index (χ0) is 21.8. The molecule has 0 bridgehead atoms. The second-order valence-corrected chi connectivity index (χ2v) is 6.79. The van der Waals surface area contributed by atoms with Gasteiger partial charge < -0.3 is 14.6 Å². The highest BCUT2D eigenvalue weighted by Gasteiger charge is 2.14. The number of aromatic hydroxyl groups is 1. The molecule has 31 heavy (non-hydrogen) atoms. The Labute approximate surface area is 177 Å². The molecule has 0 fully saturated rings. The molecular weight excluding hydrogens is 398 g/mol. The summed E-state index contributed by atoms with van der Waals surface area (Å²) >= 11 is 0. The molecule has 0 atom stereocenters. The fourth-order valence-corrected chi connectivity index (χ4v) is 3.04. The summed E-state index contributed by atoms with van der Waals surface area (Å²) in [4.78, 5) is 22.6. The highest BCUT2D eigenvalue weighted by atomic mass is 16.6. The highest BCUT2D eigenvalue weighted by Crippen LogP contribution is 2.27. The van der Waals surface area contributed by atoms with Crippen LogP contribution in [-0.4, -0.2) is 16.0 Å². The average molecular weight is 415 g/mol. The topological polar surface area (TPSA) is 98.9 Å². The second kappa shape index (κ2) is 8.54. The number of fused-ring (bicyclic) bond motifs is 1. The number of nitrogens with zero attached hydrogens (tertiary/aromatic N) is 1. The van der Waals surface area contributed by atoms with Gasteiger partial charge in [-0.2, -0.15) is 0 Å². The number of non-ortho nitro benzene ring substituents is 1. The van der Waals surface area contributed by atoms with E-state index in [-0.39, 0.29) is 23.6 Å². The van der Waals surface area contributed by atoms with Gasteiger partial charge in [-0.25, -0.2) is 4.79 Å². The molecule has 0 unspecified atom stereocenters. The minimum Gasteiger partial charge on any atom is -0.507 e. The Balaban J connectivity index is 1.38. The Kier molecular flexibility index (Phi) is 5.49. The zero-order valence-electron chi connectivity index (χ0n) is 16.2. The van der Waals surface area contributed by atoms with Crippen molar-refractivity contribution >= 4 is 22.4 Å². The van der Waals surface area contributed by atoms with Crippen LogP contribution in [0.5, 0.6) is 17.2 Å². The van der Waals surface area contributed by atoms with E-state index in [1.54, 1.807) is 30.3 Å². The predicted octanol–water partition coefficient (Wildman–Crippen LogP) is 5.60. The SMILES string of the molecule is O=C(OCc1ccc(Oc2ccc([N+](=O)[O-])cc2)cc1)c1cc2ccccc2cc1O. The summed E-state index contributed by atoms with van der Waals surface area (Å²) in [7, 11) is 0. The Hall–Kier alpha value is -4.39. The molecule has 4 aromatic rings. The van der Waals surface area contributed by atoms with Gasteiger partial charge in [0.2, 0.25) is 0 Å². The Morgan fingerprint density at radius 3 is 2.06 bits per heavy atom. The molecule has 0 heterocycles. The maximum atomic E-state index is 12.4. The maximum absolute atomic E-state index is 12.4. The van der Waals surface area contributed by atoms with Gasteiger partial charge in [0.05, 0.1) is 4.92 Å². The van der Waals surface area contributed by atoms with Gasteiger partial charge in [-0.15, -0.1) is 0 Å². The molecule has 0 spiro atoms. The number of hydrogen-bond acceptors (Lipinski definition) is 6. The third kappa shape index (κ3) is 4.62. The number of carbonyl (C=O) groups is 1. The van der Waals surface area contributed by atoms with Crippen LogP contribution in [0.25, 0.3) is 10.8 Å². The van der Waals surface area contributed by atoms with Gasteiger partial charge >= 0.3 is 5.97 Å². The van der Waals surface area contributed by atoms with E-state index in [0.717, 1.165) is 16.3 Å². The van der Waals surface area contributed by atoms with Crippen molar-refractivity contribution in [2.45, 2.75) is 6.61 Å². The minimum absolute atomic E-state index is 0.0121. The van der Waals surface area contributed by atoms with Gasteiger partial charge in [-0.1, -0.05) is 36.4 Å². The van der Waals surface area contributed by atoms with E-state index < -0.39 is 10.9 Å². The molecule has 4 rings (SSSR count). The summed E-state index contributed by atoms with van der Waals surface area (Å²) in [6.45, 7) is 0.0307. The van der Waals surface area contributed by atoms with Crippen LogP contribution in [0.3, 0.4) is 0 Å². The highest BCUT2D eigenvalue weighted by molar-refractivity contribution is 5.98. The monoisotopic (exact) mass is 415 g/mol. The van der Waals surface area contributed by atoms with E-state index in [4.69, 9.17) is 9.47 Å². The lowest BCUT2D eigenvalue weighted by molar-refractivity contribution is -0.384. The van der Waals surface area contributed by atoms with Gasteiger partial charge in [0.1, 0.15) is 29.4 Å². The molecule has 7 heteroatoms. The van der Waals surface area contributed by atoms with Crippen molar-refractivity contribution in [1.29, 1.82) is 0 Å². The molecule has 0 aliphatic heterocycles. The maximum Gasteiger partial charge on any atom is 0.342 e. The van der Waals surface area contributed by atoms with Crippen molar-refractivity contribution in [3.8, 4) is 17.2 Å². The molecule has 154 valence electrons. The van der Waals surface area contributed by atoms with Crippen LogP contribution < -0.4 is 4.74 Å². The fourth-order valence-electron chi connectivity index (χ4n) is 3.04. The summed E-state index contributed by atoms with van der Waals surface area (Å²) in [6.07, 6.45) is 0. The van der Waals surface area contributed by atoms with E-state index >= 15 is 0 Å². The van der Waals surface area contributed by atoms with Crippen molar-refractivity contribution in [2.75, 3.05) is 0 Å². The molecule has 7 nitrogen and oxygen atoms in total. The molecule has 0 amide bonds. The lowest BCUT2D eigenvalue weighted by Gasteiger charge is -2.09. The number of nitro benzene ring substituents is 1. The van der Waals surface area contributed by atoms with Gasteiger partial charge in [0, 0.05) is 12.1 Å². The van der Waals surface area contributed by atoms with E-state index in [0.29, 0.717) is 11.5 Å². The molecule has 4 aromatic carbocycles. The number of phenolic OH excluding ortho intramolecular Hbond substituents is 1. The van der Waals surface area contributed by atoms with Gasteiger partial charge in [-0.05, 0) is 52.7 Å². The second-order valence-electron chi connectivity index (χ2n) is 6.79. The first kappa shape index (κ1) is 19.9. The lowest BCUT2D eigenvalue weighted by atomic mass is 10.1. The number of phenols is 1. The average Bonchev–Trinajstić information content (AvgIpc) is 2.78. The lowest BCUT2D eigenvalue weighted by Crippen LogP contribution is -2.05. The fraction of sp³-hybridized carbons (Fsp3) is 0.0417. The molecule has 0 aliphatic rings. The summed E-state index contributed by atoms with van der Waals surface area (Å²) in [5.74, 6) is 0.262. The van der Waals surface area contributed by atoms with Crippen molar-refractivity contribution in [3.05, 3.63) is 106 Å². The van der Waals surface area contributed by atoms with E-state index in [1.807, 2.05) is 24.3 Å². The number of benzene rings is 4. The van der Waals surface area contributed by atoms with Crippen LogP contribution in [0.15, 0.2) is 84.9 Å². The number of ether oxygens (including phenoxy) is 2. The number of carbonyl (C=O) groups excluding carboxylic acids is 1. The zero-order valence-corrected chi connectivity index (χ0v) is 16.2. The van der Waals surface area contributed by atoms with Gasteiger partial charge in [-0.3, -0.25) is 10.1 Å². The predicted molar refractivity (Wildman–Crippen MR) is 114 cm³/mol. The van der Waals surface area contributed by atoms with Crippen molar-refractivity contribution in [1.82, 2.24) is 0 Å².